The van der Waals surface area contributed by atoms with E-state index >= 15 is 0 Å². The van der Waals surface area contributed by atoms with E-state index in [2.05, 4.69) is 26.1 Å². The van der Waals surface area contributed by atoms with Crippen LogP contribution < -0.4 is 5.73 Å². The molecule has 0 saturated carbocycles. The molecule has 0 amide bonds. The van der Waals surface area contributed by atoms with Gasteiger partial charge in [-0.3, -0.25) is 0 Å². The number of halogens is 1. The third-order valence-electron chi connectivity index (χ3n) is 2.43. The summed E-state index contributed by atoms with van der Waals surface area (Å²) < 4.78 is 6.13. The van der Waals surface area contributed by atoms with Crippen LogP contribution in [-0.2, 0) is 0 Å². The van der Waals surface area contributed by atoms with Crippen molar-refractivity contribution in [2.24, 2.45) is 0 Å². The van der Waals surface area contributed by atoms with Crippen LogP contribution in [-0.4, -0.2) is 10.1 Å². The van der Waals surface area contributed by atoms with Gasteiger partial charge in [0.05, 0.1) is 11.9 Å². The molecule has 1 aromatic carbocycles. The zero-order chi connectivity index (χ0) is 11.1. The minimum absolute atomic E-state index is 0.533. The Balaban J connectivity index is 2.23. The van der Waals surface area contributed by atoms with Crippen molar-refractivity contribution in [2.75, 3.05) is 5.73 Å². The number of benzene rings is 1. The van der Waals surface area contributed by atoms with E-state index in [4.69, 9.17) is 10.3 Å². The summed E-state index contributed by atoms with van der Waals surface area (Å²) in [7, 11) is 0. The first kappa shape index (κ1) is 9.47. The fourth-order valence-electron chi connectivity index (χ4n) is 1.68. The summed E-state index contributed by atoms with van der Waals surface area (Å²) in [5.74, 6) is 0.576. The van der Waals surface area contributed by atoms with Crippen LogP contribution in [0.2, 0.25) is 0 Å². The molecule has 0 unspecified atom stereocenters. The average molecular weight is 278 g/mol. The van der Waals surface area contributed by atoms with Crippen LogP contribution in [0.3, 0.4) is 0 Å². The third kappa shape index (κ3) is 1.40. The standard InChI is InChI=1S/C11H8BrN3O/c12-7-1-2-9-6(3-7)4-10(15-9)11-8(13)5-14-16-11/h1-5,15H,13H2. The third-order valence-corrected chi connectivity index (χ3v) is 2.92. The molecular weight excluding hydrogens is 270 g/mol. The number of aromatic amines is 1. The fourth-order valence-corrected chi connectivity index (χ4v) is 2.06. The number of anilines is 1. The highest BCUT2D eigenvalue weighted by molar-refractivity contribution is 9.10. The van der Waals surface area contributed by atoms with Crippen molar-refractivity contribution < 1.29 is 4.52 Å². The Morgan fingerprint density at radius 3 is 2.94 bits per heavy atom. The molecule has 2 heterocycles. The lowest BCUT2D eigenvalue weighted by molar-refractivity contribution is 0.431. The number of hydrogen-bond donors (Lipinski definition) is 2. The second kappa shape index (κ2) is 3.38. The van der Waals surface area contributed by atoms with Gasteiger partial charge in [-0.1, -0.05) is 21.1 Å². The van der Waals surface area contributed by atoms with Crippen LogP contribution in [0.25, 0.3) is 22.4 Å². The highest BCUT2D eigenvalue weighted by atomic mass is 79.9. The first-order chi connectivity index (χ1) is 7.74. The Morgan fingerprint density at radius 2 is 2.19 bits per heavy atom. The molecule has 0 saturated heterocycles. The van der Waals surface area contributed by atoms with E-state index < -0.39 is 0 Å². The van der Waals surface area contributed by atoms with Gasteiger partial charge in [-0.2, -0.15) is 0 Å². The summed E-state index contributed by atoms with van der Waals surface area (Å²) in [4.78, 5) is 3.23. The number of nitrogen functional groups attached to an aromatic ring is 1. The van der Waals surface area contributed by atoms with Crippen molar-refractivity contribution in [2.45, 2.75) is 0 Å². The molecule has 0 aliphatic heterocycles. The quantitative estimate of drug-likeness (QED) is 0.718. The van der Waals surface area contributed by atoms with Gasteiger partial charge in [0.1, 0.15) is 5.69 Å². The lowest BCUT2D eigenvalue weighted by Gasteiger charge is -1.90. The predicted octanol–water partition coefficient (Wildman–Crippen LogP) is 3.17. The molecule has 80 valence electrons. The van der Waals surface area contributed by atoms with Gasteiger partial charge in [0.2, 0.25) is 5.76 Å². The Kier molecular flexibility index (Phi) is 2.00. The largest absolute Gasteiger partial charge is 0.394 e. The van der Waals surface area contributed by atoms with Crippen molar-refractivity contribution in [3.63, 3.8) is 0 Å². The molecule has 3 N–H and O–H groups in total. The molecular formula is C11H8BrN3O. The summed E-state index contributed by atoms with van der Waals surface area (Å²) in [6.45, 7) is 0. The van der Waals surface area contributed by atoms with Crippen LogP contribution >= 0.6 is 15.9 Å². The van der Waals surface area contributed by atoms with E-state index in [1.165, 1.54) is 6.20 Å². The van der Waals surface area contributed by atoms with Gasteiger partial charge in [0, 0.05) is 15.4 Å². The molecule has 0 fully saturated rings. The van der Waals surface area contributed by atoms with Gasteiger partial charge in [-0.25, -0.2) is 0 Å². The first-order valence-corrected chi connectivity index (χ1v) is 5.52. The van der Waals surface area contributed by atoms with E-state index in [1.54, 1.807) is 0 Å². The summed E-state index contributed by atoms with van der Waals surface area (Å²) in [5, 5.41) is 4.75. The van der Waals surface area contributed by atoms with Gasteiger partial charge in [-0.05, 0) is 24.3 Å². The second-order valence-electron chi connectivity index (χ2n) is 3.52. The molecule has 3 rings (SSSR count). The van der Waals surface area contributed by atoms with Crippen molar-refractivity contribution in [1.82, 2.24) is 10.1 Å². The minimum Gasteiger partial charge on any atom is -0.394 e. The lowest BCUT2D eigenvalue weighted by Crippen LogP contribution is -1.83. The maximum Gasteiger partial charge on any atom is 0.205 e. The molecule has 0 bridgehead atoms. The van der Waals surface area contributed by atoms with Crippen molar-refractivity contribution in [3.05, 3.63) is 34.9 Å². The predicted molar refractivity (Wildman–Crippen MR) is 65.9 cm³/mol. The maximum atomic E-state index is 5.74. The van der Waals surface area contributed by atoms with Gasteiger partial charge < -0.3 is 15.2 Å². The van der Waals surface area contributed by atoms with Crippen LogP contribution in [0.4, 0.5) is 5.69 Å². The zero-order valence-corrected chi connectivity index (χ0v) is 9.78. The lowest BCUT2D eigenvalue weighted by atomic mass is 10.2. The number of nitrogens with zero attached hydrogens (tertiary/aromatic N) is 1. The van der Waals surface area contributed by atoms with Crippen molar-refractivity contribution in [3.8, 4) is 11.5 Å². The number of H-pyrrole nitrogens is 1. The molecule has 2 aromatic heterocycles. The maximum absolute atomic E-state index is 5.74. The molecule has 0 aliphatic carbocycles. The number of nitrogens with one attached hydrogen (secondary N) is 1. The monoisotopic (exact) mass is 277 g/mol. The summed E-state index contributed by atoms with van der Waals surface area (Å²) in [5.41, 5.74) is 8.14. The SMILES string of the molecule is Nc1cnoc1-c1cc2cc(Br)ccc2[nH]1. The molecule has 4 nitrogen and oxygen atoms in total. The van der Waals surface area contributed by atoms with E-state index in [-0.39, 0.29) is 0 Å². The van der Waals surface area contributed by atoms with Crippen LogP contribution in [0.1, 0.15) is 0 Å². The Labute approximate surface area is 99.6 Å². The van der Waals surface area contributed by atoms with Gasteiger partial charge in [-0.15, -0.1) is 0 Å². The smallest absolute Gasteiger partial charge is 0.205 e. The van der Waals surface area contributed by atoms with E-state index in [0.717, 1.165) is 21.1 Å². The molecule has 0 radical (unpaired) electrons. The van der Waals surface area contributed by atoms with Crippen LogP contribution in [0, 0.1) is 0 Å². The Morgan fingerprint density at radius 1 is 1.31 bits per heavy atom. The van der Waals surface area contributed by atoms with Gasteiger partial charge >= 0.3 is 0 Å². The summed E-state index contributed by atoms with van der Waals surface area (Å²) in [6.07, 6.45) is 1.50. The Hall–Kier alpha value is -1.75. The minimum atomic E-state index is 0.533. The molecule has 5 heteroatoms. The number of aromatic nitrogens is 2. The molecule has 0 spiro atoms. The topological polar surface area (TPSA) is 67.8 Å². The van der Waals surface area contributed by atoms with Gasteiger partial charge in [0.25, 0.3) is 0 Å². The van der Waals surface area contributed by atoms with E-state index in [0.29, 0.717) is 11.4 Å². The fraction of sp³-hybridized carbons (Fsp3) is 0. The highest BCUT2D eigenvalue weighted by Gasteiger charge is 2.10. The zero-order valence-electron chi connectivity index (χ0n) is 8.20. The first-order valence-electron chi connectivity index (χ1n) is 4.73. The number of nitrogens with two attached hydrogens (primary N) is 1. The Bertz CT molecular complexity index is 656. The molecule has 0 aliphatic rings. The van der Waals surface area contributed by atoms with E-state index in [9.17, 15) is 0 Å². The molecule has 3 aromatic rings. The number of hydrogen-bond acceptors (Lipinski definition) is 3. The summed E-state index contributed by atoms with van der Waals surface area (Å²) >= 11 is 3.43. The summed E-state index contributed by atoms with van der Waals surface area (Å²) in [6, 6.07) is 7.99. The van der Waals surface area contributed by atoms with Crippen molar-refractivity contribution >= 4 is 32.5 Å². The average Bonchev–Trinajstić information content (AvgIpc) is 2.82. The van der Waals surface area contributed by atoms with E-state index in [1.807, 2.05) is 24.3 Å². The van der Waals surface area contributed by atoms with Crippen molar-refractivity contribution in [1.29, 1.82) is 0 Å². The van der Waals surface area contributed by atoms with Crippen LogP contribution in [0.15, 0.2) is 39.5 Å². The normalized spacial score (nSPS) is 11.1. The molecule has 0 atom stereocenters. The molecule has 16 heavy (non-hydrogen) atoms. The van der Waals surface area contributed by atoms with Gasteiger partial charge in [0.15, 0.2) is 0 Å². The highest BCUT2D eigenvalue weighted by Crippen LogP contribution is 2.29. The number of rotatable bonds is 1. The second-order valence-corrected chi connectivity index (χ2v) is 4.44. The number of fused-ring (bicyclic) bond motifs is 1. The van der Waals surface area contributed by atoms with Crippen LogP contribution in [0.5, 0.6) is 0 Å².